The molecular weight excluding hydrogens is 1140 g/mol. The van der Waals surface area contributed by atoms with E-state index < -0.39 is 75.2 Å². The second-order valence-electron chi connectivity index (χ2n) is 20.7. The zero-order valence-corrected chi connectivity index (χ0v) is 49.9. The van der Waals surface area contributed by atoms with Crippen LogP contribution in [0.15, 0.2) is 49.7 Å². The maximum absolute atomic E-state index is 13.9. The van der Waals surface area contributed by atoms with Gasteiger partial charge in [0.05, 0.1) is 44.5 Å². The highest BCUT2D eigenvalue weighted by atomic mass is 32.2. The molecular formula is C55H77N5O18P2S2. The maximum Gasteiger partial charge on any atom is 0.340 e. The normalized spacial score (nSPS) is 14.4. The number of sulfonamides is 1. The molecule has 0 fully saturated rings. The number of fused-ring (bicyclic) bond motifs is 3. The highest BCUT2D eigenvalue weighted by Gasteiger charge is 2.43. The first-order valence-corrected chi connectivity index (χ1v) is 34.3. The summed E-state index contributed by atoms with van der Waals surface area (Å²) in [5.74, 6) is 0.614. The number of carbonyl (C=O) groups is 1. The number of anilines is 3. The Bertz CT molecular complexity index is 3450. The number of ether oxygens (including phenoxy) is 4. The van der Waals surface area contributed by atoms with E-state index in [-0.39, 0.29) is 81.1 Å². The Morgan fingerprint density at radius 3 is 2.00 bits per heavy atom. The number of rotatable bonds is 35. The molecule has 0 bridgehead atoms. The molecule has 0 aromatic heterocycles. The average Bonchev–Trinajstić information content (AvgIpc) is 1.18. The van der Waals surface area contributed by atoms with Gasteiger partial charge in [-0.2, -0.15) is 8.42 Å². The van der Waals surface area contributed by atoms with Crippen molar-refractivity contribution in [2.45, 2.75) is 125 Å². The largest absolute Gasteiger partial charge is 0.455 e. The van der Waals surface area contributed by atoms with Gasteiger partial charge in [-0.15, -0.1) is 0 Å². The van der Waals surface area contributed by atoms with Gasteiger partial charge in [-0.3, -0.25) is 28.1 Å². The van der Waals surface area contributed by atoms with Gasteiger partial charge < -0.3 is 59.4 Å². The van der Waals surface area contributed by atoms with Crippen LogP contribution < -0.4 is 51.6 Å². The first-order chi connectivity index (χ1) is 39.0. The summed E-state index contributed by atoms with van der Waals surface area (Å²) in [7, 11) is -19.5. The minimum absolute atomic E-state index is 0.0109. The topological polar surface area (TPSA) is 343 Å². The maximum atomic E-state index is 13.9. The summed E-state index contributed by atoms with van der Waals surface area (Å²) in [6, 6.07) is 8.01. The van der Waals surface area contributed by atoms with Crippen LogP contribution in [-0.2, 0) is 74.0 Å². The van der Waals surface area contributed by atoms with E-state index in [0.717, 1.165) is 104 Å². The third kappa shape index (κ3) is 16.1. The molecule has 4 aromatic carbocycles. The molecule has 0 aliphatic carbocycles. The van der Waals surface area contributed by atoms with Gasteiger partial charge in [-0.05, 0) is 111 Å². The molecule has 0 spiro atoms. The minimum atomic E-state index is -5.11. The van der Waals surface area contributed by atoms with Crippen molar-refractivity contribution >= 4 is 70.5 Å². The molecule has 0 atom stereocenters. The Balaban J connectivity index is 0.887. The lowest BCUT2D eigenvalue weighted by Gasteiger charge is -2.39. The molecule has 7 rings (SSSR count). The molecule has 4 aromatic rings. The third-order valence-electron chi connectivity index (χ3n) is 14.8. The van der Waals surface area contributed by atoms with Gasteiger partial charge >= 0.3 is 15.2 Å². The van der Waals surface area contributed by atoms with E-state index in [1.807, 2.05) is 6.07 Å². The number of hydrogen-bond acceptors (Lipinski definition) is 16. The van der Waals surface area contributed by atoms with Crippen molar-refractivity contribution in [2.75, 3.05) is 94.4 Å². The van der Waals surface area contributed by atoms with Crippen LogP contribution in [0.25, 0.3) is 12.2 Å². The second-order valence-corrected chi connectivity index (χ2v) is 27.9. The van der Waals surface area contributed by atoms with Crippen LogP contribution in [0.2, 0.25) is 0 Å². The number of benzene rings is 3. The molecule has 82 heavy (non-hydrogen) atoms. The van der Waals surface area contributed by atoms with Crippen LogP contribution in [0.5, 0.6) is 11.5 Å². The smallest absolute Gasteiger partial charge is 0.340 e. The van der Waals surface area contributed by atoms with Crippen LogP contribution in [-0.4, -0.2) is 131 Å². The lowest BCUT2D eigenvalue weighted by atomic mass is 9.83. The summed E-state index contributed by atoms with van der Waals surface area (Å²) in [4.78, 5) is 74.8. The Morgan fingerprint density at radius 2 is 1.35 bits per heavy atom. The Morgan fingerprint density at radius 1 is 0.744 bits per heavy atom. The number of nitrogens with zero attached hydrogens (tertiary/aromatic N) is 1. The predicted octanol–water partition coefficient (Wildman–Crippen LogP) is 4.28. The molecule has 3 aliphatic heterocycles. The summed E-state index contributed by atoms with van der Waals surface area (Å²) in [6.07, 6.45) is 8.88. The van der Waals surface area contributed by atoms with Crippen molar-refractivity contribution < 1.29 is 73.8 Å². The number of hydrogen-bond donors (Lipinski definition) is 9. The molecule has 23 nitrogen and oxygen atoms in total. The first-order valence-electron chi connectivity index (χ1n) is 28.0. The fourth-order valence-electron chi connectivity index (χ4n) is 10.7. The molecule has 3 heterocycles. The number of unbranched alkanes of at least 4 members (excludes halogenated alkanes) is 4. The molecule has 0 saturated carbocycles. The van der Waals surface area contributed by atoms with E-state index in [4.69, 9.17) is 38.5 Å². The fraction of sp³-hybridized carbons (Fsp3) is 0.545. The molecule has 27 heteroatoms. The summed E-state index contributed by atoms with van der Waals surface area (Å²) >= 11 is 0. The van der Waals surface area contributed by atoms with Gasteiger partial charge in [0.25, 0.3) is 21.0 Å². The average molecular weight is 1220 g/mol. The lowest BCUT2D eigenvalue weighted by Crippen LogP contribution is -2.38. The van der Waals surface area contributed by atoms with Crippen molar-refractivity contribution in [3.63, 3.8) is 0 Å². The van der Waals surface area contributed by atoms with Gasteiger partial charge in [-0.1, -0.05) is 45.8 Å². The van der Waals surface area contributed by atoms with Gasteiger partial charge in [0.1, 0.15) is 27.8 Å². The zero-order chi connectivity index (χ0) is 59.4. The van der Waals surface area contributed by atoms with Crippen molar-refractivity contribution in [2.24, 2.45) is 0 Å². The van der Waals surface area contributed by atoms with Crippen molar-refractivity contribution in [3.8, 4) is 11.5 Å². The van der Waals surface area contributed by atoms with Crippen molar-refractivity contribution in [3.05, 3.63) is 94.6 Å². The van der Waals surface area contributed by atoms with Crippen LogP contribution >= 0.6 is 15.2 Å². The molecule has 1 amide bonds. The first kappa shape index (κ1) is 64.7. The van der Waals surface area contributed by atoms with Gasteiger partial charge in [-0.25, -0.2) is 13.1 Å². The fourth-order valence-corrected chi connectivity index (χ4v) is 15.1. The number of amides is 1. The molecule has 0 unspecified atom stereocenters. The Kier molecular flexibility index (Phi) is 22.7. The quantitative estimate of drug-likeness (QED) is 0.0118. The molecule has 0 saturated heterocycles. The van der Waals surface area contributed by atoms with Crippen LogP contribution in [0.3, 0.4) is 0 Å². The number of carbonyl (C=O) groups excluding carboxylic acids is 1. The highest BCUT2D eigenvalue weighted by molar-refractivity contribution is 7.89. The van der Waals surface area contributed by atoms with E-state index in [2.05, 4.69) is 52.1 Å². The molecule has 9 N–H and O–H groups in total. The van der Waals surface area contributed by atoms with E-state index in [1.54, 1.807) is 0 Å². The zero-order valence-electron chi connectivity index (χ0n) is 46.5. The number of nitrogens with one attached hydrogen (secondary N) is 4. The van der Waals surface area contributed by atoms with E-state index in [1.165, 1.54) is 17.8 Å². The van der Waals surface area contributed by atoms with E-state index in [0.29, 0.717) is 60.1 Å². The second kappa shape index (κ2) is 28.8. The van der Waals surface area contributed by atoms with E-state index >= 15 is 0 Å². The van der Waals surface area contributed by atoms with Crippen molar-refractivity contribution in [1.82, 2.24) is 10.0 Å². The standard InChI is InChI=1S/C55H77N5O18P2S2/c1-4-6-13-37-33-43-48(44-34-38-14-11-25-60-26-12-16-42(51(38)60)55(44)78-54(43)40(36(37)3)15-7-5-2)41-18-17-39(35-45(41)82(72,73)74)81(70,71)59-22-10-8-9-21-57-49-50(53(63)52(49)62)58-24-28-76-30-32-77-31-29-75-27-23-56-46(61)19-20-47(79(64,65)66)80(67,68)69/h17-18,33-35,47,57-59H,3-16,19-32H2,1-2H3,(H,56,61)(H2,64,65,66)(H2,67,68,69)(H,72,73,74). The Hall–Kier alpha value is -4.85. The van der Waals surface area contributed by atoms with Crippen molar-refractivity contribution in [1.29, 1.82) is 0 Å². The molecule has 0 radical (unpaired) electrons. The lowest BCUT2D eigenvalue weighted by molar-refractivity contribution is -0.121. The minimum Gasteiger partial charge on any atom is -0.455 e. The Labute approximate surface area is 478 Å². The SMILES string of the molecule is C=c1c(CCCC)cc2c(c1CCCC)Oc1c(cc3c4c1CCCN4CCC3)C=2c1ccc(S(=O)(=O)NCCCCCNc2c(NCCOCCOCCOCCNC(=O)CCC(P(=O)(O)O)P(=O)(O)O)c(=O)c2=O)cc1S(=O)(=O)O. The summed E-state index contributed by atoms with van der Waals surface area (Å²) in [6.45, 7) is 12.4. The van der Waals surface area contributed by atoms with Crippen LogP contribution in [0, 0.1) is 0 Å². The van der Waals surface area contributed by atoms with Crippen LogP contribution in [0.4, 0.5) is 17.1 Å². The monoisotopic (exact) mass is 1220 g/mol. The highest BCUT2D eigenvalue weighted by Crippen LogP contribution is 2.61. The third-order valence-corrected chi connectivity index (χ3v) is 21.0. The van der Waals surface area contributed by atoms with E-state index in [9.17, 15) is 44.9 Å². The molecule has 452 valence electrons. The van der Waals surface area contributed by atoms with Gasteiger partial charge in [0, 0.05) is 84.4 Å². The summed E-state index contributed by atoms with van der Waals surface area (Å²) in [5, 5.41) is 7.66. The van der Waals surface area contributed by atoms with Crippen LogP contribution in [0.1, 0.15) is 118 Å². The predicted molar refractivity (Wildman–Crippen MR) is 312 cm³/mol. The number of aryl methyl sites for hydroxylation is 2. The van der Waals surface area contributed by atoms with Gasteiger partial charge in [0.15, 0.2) is 5.40 Å². The molecule has 3 aliphatic rings. The summed E-state index contributed by atoms with van der Waals surface area (Å²) < 4.78 is 114. The van der Waals surface area contributed by atoms with Gasteiger partial charge in [0.2, 0.25) is 15.9 Å². The summed E-state index contributed by atoms with van der Waals surface area (Å²) in [5.41, 5.74) is 5.76.